The quantitative estimate of drug-likeness (QED) is 0.843. The lowest BCUT2D eigenvalue weighted by Gasteiger charge is -2.32. The zero-order chi connectivity index (χ0) is 17.6. The molecule has 0 unspecified atom stereocenters. The first-order valence-electron chi connectivity index (χ1n) is 8.17. The van der Waals surface area contributed by atoms with E-state index in [1.54, 1.807) is 18.7 Å². The number of likely N-dealkylation sites (N-methyl/N-ethyl adjacent to an activating group) is 1. The molecule has 1 amide bonds. The van der Waals surface area contributed by atoms with Crippen LogP contribution in [0.15, 0.2) is 43.2 Å². The summed E-state index contributed by atoms with van der Waals surface area (Å²) < 4.78 is 2.00. The molecule has 24 heavy (non-hydrogen) atoms. The minimum absolute atomic E-state index is 0.0291. The Hall–Kier alpha value is -2.21. The fourth-order valence-electron chi connectivity index (χ4n) is 2.49. The van der Waals surface area contributed by atoms with Crippen molar-refractivity contribution in [2.75, 3.05) is 13.6 Å². The average molecular weight is 329 g/mol. The summed E-state index contributed by atoms with van der Waals surface area (Å²) in [4.78, 5) is 22.6. The maximum absolute atomic E-state index is 12.4. The fraction of sp³-hybridized carbons (Fsp3) is 0.500. The number of imidazole rings is 1. The van der Waals surface area contributed by atoms with Crippen LogP contribution in [0.4, 0.5) is 0 Å². The molecule has 130 valence electrons. The Balaban J connectivity index is 1.90. The van der Waals surface area contributed by atoms with Gasteiger partial charge >= 0.3 is 0 Å². The lowest BCUT2D eigenvalue weighted by atomic mass is 9.86. The number of pyridine rings is 1. The van der Waals surface area contributed by atoms with Gasteiger partial charge in [0.05, 0.1) is 18.9 Å². The van der Waals surface area contributed by atoms with Crippen molar-refractivity contribution in [3.05, 3.63) is 48.8 Å². The highest BCUT2D eigenvalue weighted by atomic mass is 16.2. The molecular weight excluding hydrogens is 302 g/mol. The van der Waals surface area contributed by atoms with Crippen LogP contribution in [0.2, 0.25) is 0 Å². The molecule has 2 heterocycles. The van der Waals surface area contributed by atoms with Crippen molar-refractivity contribution in [3.8, 4) is 0 Å². The van der Waals surface area contributed by atoms with Crippen LogP contribution in [-0.2, 0) is 17.9 Å². The van der Waals surface area contributed by atoms with E-state index in [1.807, 2.05) is 41.0 Å². The van der Waals surface area contributed by atoms with Gasteiger partial charge in [-0.25, -0.2) is 4.98 Å². The average Bonchev–Trinajstić information content (AvgIpc) is 2.99. The highest BCUT2D eigenvalue weighted by Gasteiger charge is 2.26. The molecule has 0 spiro atoms. The smallest absolute Gasteiger partial charge is 0.234 e. The van der Waals surface area contributed by atoms with Crippen molar-refractivity contribution < 1.29 is 4.79 Å². The van der Waals surface area contributed by atoms with E-state index in [-0.39, 0.29) is 17.4 Å². The number of carbonyl (C=O) groups is 1. The molecule has 0 aromatic carbocycles. The molecule has 2 aromatic heterocycles. The molecular formula is C18H27N5O. The molecule has 0 saturated heterocycles. The highest BCUT2D eigenvalue weighted by Crippen LogP contribution is 2.20. The second kappa shape index (κ2) is 8.06. The number of hydrogen-bond donors (Lipinski definition) is 1. The van der Waals surface area contributed by atoms with Crippen LogP contribution in [0.25, 0.3) is 0 Å². The lowest BCUT2D eigenvalue weighted by molar-refractivity contribution is -0.123. The van der Waals surface area contributed by atoms with Gasteiger partial charge in [0.1, 0.15) is 0 Å². The molecule has 0 aliphatic heterocycles. The molecule has 0 aliphatic rings. The molecule has 0 aliphatic carbocycles. The standard InChI is InChI=1S/C18H27N5O/c1-18(2,3)16(12-23-9-8-20-14-23)21-17(24)13-22(4)11-15-6-5-7-19-10-15/h5-10,14,16H,11-13H2,1-4H3,(H,21,24)/t16-/m0/s1. The Morgan fingerprint density at radius 2 is 2.12 bits per heavy atom. The molecule has 6 nitrogen and oxygen atoms in total. The van der Waals surface area contributed by atoms with E-state index >= 15 is 0 Å². The summed E-state index contributed by atoms with van der Waals surface area (Å²) in [5, 5.41) is 3.17. The van der Waals surface area contributed by atoms with Gasteiger partial charge in [0.25, 0.3) is 0 Å². The van der Waals surface area contributed by atoms with E-state index in [0.717, 1.165) is 5.56 Å². The predicted molar refractivity (Wildman–Crippen MR) is 94.2 cm³/mol. The van der Waals surface area contributed by atoms with E-state index in [4.69, 9.17) is 0 Å². The molecule has 1 N–H and O–H groups in total. The molecule has 2 aromatic rings. The van der Waals surface area contributed by atoms with Gasteiger partial charge in [-0.1, -0.05) is 26.8 Å². The minimum atomic E-state index is -0.0398. The normalized spacial score (nSPS) is 13.0. The number of rotatable bonds is 7. The maximum Gasteiger partial charge on any atom is 0.234 e. The first-order chi connectivity index (χ1) is 11.3. The maximum atomic E-state index is 12.4. The summed E-state index contributed by atoms with van der Waals surface area (Å²) in [6.45, 7) is 8.16. The van der Waals surface area contributed by atoms with E-state index in [9.17, 15) is 4.79 Å². The number of aromatic nitrogens is 3. The van der Waals surface area contributed by atoms with E-state index in [2.05, 4.69) is 36.1 Å². The zero-order valence-corrected chi connectivity index (χ0v) is 14.9. The van der Waals surface area contributed by atoms with Crippen LogP contribution in [0, 0.1) is 5.41 Å². The van der Waals surface area contributed by atoms with Gasteiger partial charge in [-0.05, 0) is 24.1 Å². The Kier molecular flexibility index (Phi) is 6.09. The fourth-order valence-corrected chi connectivity index (χ4v) is 2.49. The molecule has 6 heteroatoms. The minimum Gasteiger partial charge on any atom is -0.350 e. The first-order valence-corrected chi connectivity index (χ1v) is 8.17. The Morgan fingerprint density at radius 1 is 1.33 bits per heavy atom. The third-order valence-corrected chi connectivity index (χ3v) is 3.92. The Bertz CT molecular complexity index is 619. The van der Waals surface area contributed by atoms with Crippen LogP contribution in [0.1, 0.15) is 26.3 Å². The Morgan fingerprint density at radius 3 is 2.71 bits per heavy atom. The number of carbonyl (C=O) groups excluding carboxylic acids is 1. The van der Waals surface area contributed by atoms with Gasteiger partial charge in [0.2, 0.25) is 5.91 Å². The topological polar surface area (TPSA) is 63.1 Å². The molecule has 0 fully saturated rings. The van der Waals surface area contributed by atoms with E-state index in [1.165, 1.54) is 0 Å². The van der Waals surface area contributed by atoms with Gasteiger partial charge in [-0.15, -0.1) is 0 Å². The van der Waals surface area contributed by atoms with Crippen molar-refractivity contribution in [1.82, 2.24) is 24.8 Å². The molecule has 2 rings (SSSR count). The van der Waals surface area contributed by atoms with Crippen molar-refractivity contribution in [2.24, 2.45) is 5.41 Å². The number of hydrogen-bond acceptors (Lipinski definition) is 4. The van der Waals surface area contributed by atoms with Crippen LogP contribution in [-0.4, -0.2) is 45.0 Å². The summed E-state index contributed by atoms with van der Waals surface area (Å²) in [6.07, 6.45) is 9.02. The zero-order valence-electron chi connectivity index (χ0n) is 14.9. The van der Waals surface area contributed by atoms with E-state index < -0.39 is 0 Å². The van der Waals surface area contributed by atoms with Crippen molar-refractivity contribution in [1.29, 1.82) is 0 Å². The van der Waals surface area contributed by atoms with Crippen LogP contribution < -0.4 is 5.32 Å². The Labute approximate surface area is 143 Å². The molecule has 0 saturated carbocycles. The highest BCUT2D eigenvalue weighted by molar-refractivity contribution is 5.78. The summed E-state index contributed by atoms with van der Waals surface area (Å²) in [5.41, 5.74) is 1.06. The summed E-state index contributed by atoms with van der Waals surface area (Å²) in [5.74, 6) is 0.0291. The molecule has 1 atom stereocenters. The SMILES string of the molecule is CN(CC(=O)N[C@@H](Cn1ccnc1)C(C)(C)C)Cc1cccnc1. The second-order valence-corrected chi connectivity index (χ2v) is 7.28. The molecule has 0 radical (unpaired) electrons. The van der Waals surface area contributed by atoms with Crippen LogP contribution >= 0.6 is 0 Å². The predicted octanol–water partition coefficient (Wildman–Crippen LogP) is 1.94. The summed E-state index contributed by atoms with van der Waals surface area (Å²) >= 11 is 0. The number of amides is 1. The van der Waals surface area contributed by atoms with Crippen molar-refractivity contribution in [3.63, 3.8) is 0 Å². The third kappa shape index (κ3) is 5.77. The largest absolute Gasteiger partial charge is 0.350 e. The van der Waals surface area contributed by atoms with Gasteiger partial charge < -0.3 is 9.88 Å². The second-order valence-electron chi connectivity index (χ2n) is 7.28. The summed E-state index contributed by atoms with van der Waals surface area (Å²) in [6, 6.07) is 3.95. The monoisotopic (exact) mass is 329 g/mol. The van der Waals surface area contributed by atoms with Crippen molar-refractivity contribution in [2.45, 2.75) is 39.9 Å². The number of nitrogens with zero attached hydrogens (tertiary/aromatic N) is 4. The van der Waals surface area contributed by atoms with Gasteiger partial charge in [0, 0.05) is 37.9 Å². The van der Waals surface area contributed by atoms with Gasteiger partial charge in [-0.2, -0.15) is 0 Å². The third-order valence-electron chi connectivity index (χ3n) is 3.92. The lowest BCUT2D eigenvalue weighted by Crippen LogP contribution is -2.49. The van der Waals surface area contributed by atoms with Crippen molar-refractivity contribution >= 4 is 5.91 Å². The van der Waals surface area contributed by atoms with E-state index in [0.29, 0.717) is 19.6 Å². The van der Waals surface area contributed by atoms with Crippen LogP contribution in [0.3, 0.4) is 0 Å². The first kappa shape index (κ1) is 18.1. The summed E-state index contributed by atoms with van der Waals surface area (Å²) in [7, 11) is 1.94. The van der Waals surface area contributed by atoms with Gasteiger partial charge in [0.15, 0.2) is 0 Å². The number of nitrogens with one attached hydrogen (secondary N) is 1. The molecule has 0 bridgehead atoms. The van der Waals surface area contributed by atoms with Crippen LogP contribution in [0.5, 0.6) is 0 Å². The van der Waals surface area contributed by atoms with Gasteiger partial charge in [-0.3, -0.25) is 14.7 Å².